The third kappa shape index (κ3) is 1.37. The first-order chi connectivity index (χ1) is 7.74. The van der Waals surface area contributed by atoms with Crippen LogP contribution in [-0.2, 0) is 0 Å². The predicted octanol–water partition coefficient (Wildman–Crippen LogP) is 2.37. The monoisotopic (exact) mass is 230 g/mol. The molecule has 2 aromatic heterocycles. The van der Waals surface area contributed by atoms with E-state index in [2.05, 4.69) is 16.1 Å². The van der Waals surface area contributed by atoms with E-state index in [-0.39, 0.29) is 0 Å². The fourth-order valence-electron chi connectivity index (χ4n) is 1.59. The molecule has 80 valence electrons. The van der Waals surface area contributed by atoms with Crippen molar-refractivity contribution in [2.45, 2.75) is 6.92 Å². The summed E-state index contributed by atoms with van der Waals surface area (Å²) < 4.78 is 2.95. The molecule has 0 saturated heterocycles. The van der Waals surface area contributed by atoms with Gasteiger partial charge in [0.2, 0.25) is 0 Å². The van der Waals surface area contributed by atoms with Gasteiger partial charge in [-0.3, -0.25) is 0 Å². The number of thiazole rings is 1. The number of nitrogen functional groups attached to an aromatic ring is 1. The quantitative estimate of drug-likeness (QED) is 0.698. The van der Waals surface area contributed by atoms with Crippen molar-refractivity contribution in [3.05, 3.63) is 35.5 Å². The van der Waals surface area contributed by atoms with Crippen LogP contribution in [0.2, 0.25) is 0 Å². The molecule has 0 unspecified atom stereocenters. The summed E-state index contributed by atoms with van der Waals surface area (Å²) in [7, 11) is 0. The van der Waals surface area contributed by atoms with Gasteiger partial charge in [-0.15, -0.1) is 11.3 Å². The van der Waals surface area contributed by atoms with Gasteiger partial charge in [0.25, 0.3) is 0 Å². The maximum atomic E-state index is 5.73. The van der Waals surface area contributed by atoms with E-state index in [4.69, 9.17) is 5.73 Å². The molecule has 0 spiro atoms. The second-order valence-electron chi connectivity index (χ2n) is 3.65. The zero-order valence-electron chi connectivity index (χ0n) is 8.71. The zero-order chi connectivity index (χ0) is 11.1. The summed E-state index contributed by atoms with van der Waals surface area (Å²) >= 11 is 1.62. The second-order valence-corrected chi connectivity index (χ2v) is 4.53. The number of rotatable bonds is 1. The molecule has 0 amide bonds. The maximum absolute atomic E-state index is 5.73. The number of anilines is 1. The lowest BCUT2D eigenvalue weighted by Gasteiger charge is -1.99. The van der Waals surface area contributed by atoms with Gasteiger partial charge in [0.1, 0.15) is 5.82 Å². The molecule has 1 aromatic carbocycles. The van der Waals surface area contributed by atoms with E-state index in [1.54, 1.807) is 16.0 Å². The highest BCUT2D eigenvalue weighted by molar-refractivity contribution is 7.16. The van der Waals surface area contributed by atoms with Crippen molar-refractivity contribution in [1.82, 2.24) is 14.8 Å². The van der Waals surface area contributed by atoms with Crippen molar-refractivity contribution in [2.24, 2.45) is 0 Å². The molecule has 2 heterocycles. The number of hydrogen-bond donors (Lipinski definition) is 1. The highest BCUT2D eigenvalue weighted by Gasteiger charge is 2.04. The smallest absolute Gasteiger partial charge is 0.148 e. The Balaban J connectivity index is 2.17. The van der Waals surface area contributed by atoms with Gasteiger partial charge in [0.15, 0.2) is 0 Å². The molecule has 0 aliphatic carbocycles. The summed E-state index contributed by atoms with van der Waals surface area (Å²) in [6, 6.07) is 6.06. The van der Waals surface area contributed by atoms with Gasteiger partial charge in [-0.2, -0.15) is 5.10 Å². The highest BCUT2D eigenvalue weighted by atomic mass is 32.1. The Hall–Kier alpha value is -1.88. The van der Waals surface area contributed by atoms with Gasteiger partial charge in [-0.1, -0.05) is 0 Å². The fraction of sp³-hybridized carbons (Fsp3) is 0.0909. The van der Waals surface area contributed by atoms with E-state index >= 15 is 0 Å². The Kier molecular flexibility index (Phi) is 1.94. The molecule has 2 N–H and O–H groups in total. The number of hydrogen-bond acceptors (Lipinski definition) is 4. The first-order valence-electron chi connectivity index (χ1n) is 4.89. The average molecular weight is 230 g/mol. The van der Waals surface area contributed by atoms with Crippen LogP contribution in [0.15, 0.2) is 29.9 Å². The van der Waals surface area contributed by atoms with E-state index < -0.39 is 0 Å². The minimum atomic E-state index is 0.574. The second kappa shape index (κ2) is 3.31. The molecule has 5 heteroatoms. The molecular weight excluding hydrogens is 220 g/mol. The Labute approximate surface area is 96.3 Å². The van der Waals surface area contributed by atoms with Crippen LogP contribution in [0.4, 0.5) is 5.82 Å². The first kappa shape index (κ1) is 9.35. The molecule has 4 nitrogen and oxygen atoms in total. The van der Waals surface area contributed by atoms with Gasteiger partial charge >= 0.3 is 0 Å². The predicted molar refractivity (Wildman–Crippen MR) is 65.9 cm³/mol. The third-order valence-corrected chi connectivity index (χ3v) is 3.31. The van der Waals surface area contributed by atoms with Crippen molar-refractivity contribution in [3.63, 3.8) is 0 Å². The number of fused-ring (bicyclic) bond motifs is 1. The Morgan fingerprint density at radius 3 is 3.00 bits per heavy atom. The summed E-state index contributed by atoms with van der Waals surface area (Å²) in [5, 5.41) is 4.25. The lowest BCUT2D eigenvalue weighted by Crippen LogP contribution is -1.95. The highest BCUT2D eigenvalue weighted by Crippen LogP contribution is 2.21. The van der Waals surface area contributed by atoms with Crippen LogP contribution in [0.5, 0.6) is 0 Å². The van der Waals surface area contributed by atoms with Crippen molar-refractivity contribution in [3.8, 4) is 5.69 Å². The van der Waals surface area contributed by atoms with Crippen molar-refractivity contribution < 1.29 is 0 Å². The standard InChI is InChI=1S/C11H10N4S/c1-7-5-15(14-11(7)12)8-2-3-9-10(4-8)16-6-13-9/h2-6H,1H3,(H2,12,14). The number of aromatic nitrogens is 3. The molecule has 0 bridgehead atoms. The third-order valence-electron chi connectivity index (χ3n) is 2.51. The van der Waals surface area contributed by atoms with E-state index in [1.165, 1.54) is 0 Å². The Morgan fingerprint density at radius 1 is 1.38 bits per heavy atom. The zero-order valence-corrected chi connectivity index (χ0v) is 9.53. The van der Waals surface area contributed by atoms with Crippen LogP contribution < -0.4 is 5.73 Å². The largest absolute Gasteiger partial charge is 0.382 e. The SMILES string of the molecule is Cc1cn(-c2ccc3ncsc3c2)nc1N. The number of benzene rings is 1. The van der Waals surface area contributed by atoms with Gasteiger partial charge in [0.05, 0.1) is 21.4 Å². The summed E-state index contributed by atoms with van der Waals surface area (Å²) in [4.78, 5) is 4.24. The minimum Gasteiger partial charge on any atom is -0.382 e. The summed E-state index contributed by atoms with van der Waals surface area (Å²) in [6.07, 6.45) is 1.93. The van der Waals surface area contributed by atoms with Gasteiger partial charge < -0.3 is 5.73 Å². The molecule has 3 aromatic rings. The van der Waals surface area contributed by atoms with E-state index in [1.807, 2.05) is 30.8 Å². The lowest BCUT2D eigenvalue weighted by molar-refractivity contribution is 0.887. The molecule has 0 aliphatic rings. The maximum Gasteiger partial charge on any atom is 0.148 e. The Bertz CT molecular complexity index is 633. The molecule has 0 atom stereocenters. The van der Waals surface area contributed by atoms with E-state index in [0.29, 0.717) is 5.82 Å². The van der Waals surface area contributed by atoms with Crippen LogP contribution >= 0.6 is 11.3 Å². The average Bonchev–Trinajstić information content (AvgIpc) is 2.85. The molecule has 16 heavy (non-hydrogen) atoms. The van der Waals surface area contributed by atoms with Crippen LogP contribution in [0.3, 0.4) is 0 Å². The van der Waals surface area contributed by atoms with E-state index in [9.17, 15) is 0 Å². The van der Waals surface area contributed by atoms with Gasteiger partial charge in [0, 0.05) is 11.8 Å². The lowest BCUT2D eigenvalue weighted by atomic mass is 10.3. The summed E-state index contributed by atoms with van der Waals surface area (Å²) in [5.41, 5.74) is 10.6. The molecule has 0 radical (unpaired) electrons. The number of aryl methyl sites for hydroxylation is 1. The van der Waals surface area contributed by atoms with Gasteiger partial charge in [-0.05, 0) is 25.1 Å². The molecule has 3 rings (SSSR count). The minimum absolute atomic E-state index is 0.574. The van der Waals surface area contributed by atoms with Crippen LogP contribution in [0.1, 0.15) is 5.56 Å². The van der Waals surface area contributed by atoms with Gasteiger partial charge in [-0.25, -0.2) is 9.67 Å². The number of nitrogens with zero attached hydrogens (tertiary/aromatic N) is 3. The molecule has 0 aliphatic heterocycles. The molecule has 0 saturated carbocycles. The first-order valence-corrected chi connectivity index (χ1v) is 5.77. The topological polar surface area (TPSA) is 56.7 Å². The molecular formula is C11H10N4S. The van der Waals surface area contributed by atoms with Crippen LogP contribution in [0, 0.1) is 6.92 Å². The van der Waals surface area contributed by atoms with Crippen molar-refractivity contribution in [2.75, 3.05) is 5.73 Å². The number of nitrogens with two attached hydrogens (primary N) is 1. The normalized spacial score (nSPS) is 11.1. The summed E-state index contributed by atoms with van der Waals surface area (Å²) in [5.74, 6) is 0.574. The summed E-state index contributed by atoms with van der Waals surface area (Å²) in [6.45, 7) is 1.95. The van der Waals surface area contributed by atoms with Crippen LogP contribution in [-0.4, -0.2) is 14.8 Å². The van der Waals surface area contributed by atoms with Crippen LogP contribution in [0.25, 0.3) is 15.9 Å². The Morgan fingerprint density at radius 2 is 2.25 bits per heavy atom. The molecule has 0 fully saturated rings. The van der Waals surface area contributed by atoms with E-state index in [0.717, 1.165) is 21.5 Å². The fourth-order valence-corrected chi connectivity index (χ4v) is 2.30. The van der Waals surface area contributed by atoms with Crippen molar-refractivity contribution in [1.29, 1.82) is 0 Å². The van der Waals surface area contributed by atoms with Crippen molar-refractivity contribution >= 4 is 27.4 Å².